The highest BCUT2D eigenvalue weighted by Crippen LogP contribution is 1.99. The third-order valence-corrected chi connectivity index (χ3v) is 1.16. The third-order valence-electron chi connectivity index (χ3n) is 1.16. The zero-order chi connectivity index (χ0) is 7.44. The molecule has 0 heterocycles. The summed E-state index contributed by atoms with van der Waals surface area (Å²) in [6, 6.07) is -0.400. The van der Waals surface area contributed by atoms with Gasteiger partial charge in [-0.25, -0.2) is 4.79 Å². The van der Waals surface area contributed by atoms with Gasteiger partial charge in [-0.05, 0) is 6.42 Å². The second-order valence-corrected chi connectivity index (χ2v) is 1.85. The normalized spacial score (nSPS) is 12.7. The van der Waals surface area contributed by atoms with Crippen LogP contribution in [0, 0.1) is 0 Å². The Kier molecular flexibility index (Phi) is 2.95. The lowest BCUT2D eigenvalue weighted by Gasteiger charge is -2.05. The molecule has 0 radical (unpaired) electrons. The van der Waals surface area contributed by atoms with Gasteiger partial charge in [-0.1, -0.05) is 13.5 Å². The Bertz CT molecular complexity index is 131. The quantitative estimate of drug-likeness (QED) is 0.541. The first kappa shape index (κ1) is 8.17. The molecule has 1 unspecified atom stereocenters. The van der Waals surface area contributed by atoms with Gasteiger partial charge >= 0.3 is 5.97 Å². The summed E-state index contributed by atoms with van der Waals surface area (Å²) in [6.07, 6.45) is 0.616. The van der Waals surface area contributed by atoms with E-state index in [1.54, 1.807) is 0 Å². The summed E-state index contributed by atoms with van der Waals surface area (Å²) < 4.78 is 0. The van der Waals surface area contributed by atoms with Gasteiger partial charge in [-0.15, -0.1) is 0 Å². The Labute approximate surface area is 54.2 Å². The van der Waals surface area contributed by atoms with Gasteiger partial charge < -0.3 is 10.8 Å². The summed E-state index contributed by atoms with van der Waals surface area (Å²) in [7, 11) is 0. The molecule has 52 valence electrons. The molecule has 0 amide bonds. The van der Waals surface area contributed by atoms with Crippen molar-refractivity contribution >= 4 is 5.97 Å². The fraction of sp³-hybridized carbons (Fsp3) is 0.500. The third kappa shape index (κ3) is 2.28. The lowest BCUT2D eigenvalue weighted by Crippen LogP contribution is -2.25. The van der Waals surface area contributed by atoms with Gasteiger partial charge in [0.25, 0.3) is 0 Å². The molecule has 3 heteroatoms. The lowest BCUT2D eigenvalue weighted by atomic mass is 10.1. The van der Waals surface area contributed by atoms with Crippen LogP contribution in [0.5, 0.6) is 0 Å². The molecule has 0 spiro atoms. The van der Waals surface area contributed by atoms with Crippen molar-refractivity contribution in [3.8, 4) is 0 Å². The molecule has 0 aromatic rings. The van der Waals surface area contributed by atoms with Gasteiger partial charge in [-0.3, -0.25) is 0 Å². The molecule has 0 rings (SSSR count). The molecule has 0 aromatic carbocycles. The predicted octanol–water partition coefficient (Wildman–Crippen LogP) is 0.365. The average Bonchev–Trinajstić information content (AvgIpc) is 1.84. The highest BCUT2D eigenvalue weighted by Gasteiger charge is 2.10. The van der Waals surface area contributed by atoms with E-state index in [2.05, 4.69) is 6.58 Å². The largest absolute Gasteiger partial charge is 0.478 e. The van der Waals surface area contributed by atoms with Crippen LogP contribution in [0.25, 0.3) is 0 Å². The van der Waals surface area contributed by atoms with Crippen LogP contribution in [0.3, 0.4) is 0 Å². The molecular formula is C6H11NO2. The van der Waals surface area contributed by atoms with Gasteiger partial charge in [0, 0.05) is 11.6 Å². The van der Waals surface area contributed by atoms with Crippen molar-refractivity contribution in [2.24, 2.45) is 5.73 Å². The van der Waals surface area contributed by atoms with E-state index < -0.39 is 12.0 Å². The number of carboxylic acids is 1. The zero-order valence-electron chi connectivity index (χ0n) is 5.42. The van der Waals surface area contributed by atoms with Crippen LogP contribution in [-0.2, 0) is 4.79 Å². The van der Waals surface area contributed by atoms with E-state index in [1.807, 2.05) is 6.92 Å². The molecule has 0 aromatic heterocycles. The van der Waals surface area contributed by atoms with Crippen molar-refractivity contribution in [1.29, 1.82) is 0 Å². The summed E-state index contributed by atoms with van der Waals surface area (Å²) >= 11 is 0. The molecule has 1 atom stereocenters. The number of hydrogen-bond acceptors (Lipinski definition) is 2. The Balaban J connectivity index is 3.88. The highest BCUT2D eigenvalue weighted by atomic mass is 16.4. The number of carbonyl (C=O) groups is 1. The van der Waals surface area contributed by atoms with E-state index in [0.29, 0.717) is 6.42 Å². The minimum atomic E-state index is -1.01. The molecule has 3 N–H and O–H groups in total. The van der Waals surface area contributed by atoms with Crippen LogP contribution in [-0.4, -0.2) is 17.1 Å². The SMILES string of the molecule is C=C(C(=O)O)C(N)CC. The van der Waals surface area contributed by atoms with Crippen LogP contribution >= 0.6 is 0 Å². The van der Waals surface area contributed by atoms with Crippen LogP contribution in [0.15, 0.2) is 12.2 Å². The maximum absolute atomic E-state index is 10.1. The van der Waals surface area contributed by atoms with Crippen LogP contribution in [0.1, 0.15) is 13.3 Å². The molecule has 0 aliphatic rings. The molecular weight excluding hydrogens is 118 g/mol. The number of hydrogen-bond donors (Lipinski definition) is 2. The van der Waals surface area contributed by atoms with E-state index >= 15 is 0 Å². The predicted molar refractivity (Wildman–Crippen MR) is 35.0 cm³/mol. The molecule has 0 saturated heterocycles. The maximum atomic E-state index is 10.1. The summed E-state index contributed by atoms with van der Waals surface area (Å²) in [5, 5.41) is 8.30. The first-order chi connectivity index (χ1) is 4.09. The Morgan fingerprint density at radius 3 is 2.44 bits per heavy atom. The summed E-state index contributed by atoms with van der Waals surface area (Å²) in [5.74, 6) is -1.01. The highest BCUT2D eigenvalue weighted by molar-refractivity contribution is 5.87. The van der Waals surface area contributed by atoms with Crippen molar-refractivity contribution < 1.29 is 9.90 Å². The standard InChI is InChI=1S/C6H11NO2/c1-3-5(7)4(2)6(8)9/h5H,2-3,7H2,1H3,(H,8,9). The van der Waals surface area contributed by atoms with Crippen LogP contribution in [0.2, 0.25) is 0 Å². The van der Waals surface area contributed by atoms with Crippen molar-refractivity contribution in [3.05, 3.63) is 12.2 Å². The van der Waals surface area contributed by atoms with Gasteiger partial charge in [0.15, 0.2) is 0 Å². The molecule has 9 heavy (non-hydrogen) atoms. The number of rotatable bonds is 3. The van der Waals surface area contributed by atoms with Crippen molar-refractivity contribution in [3.63, 3.8) is 0 Å². The van der Waals surface area contributed by atoms with Crippen molar-refractivity contribution in [1.82, 2.24) is 0 Å². The summed E-state index contributed by atoms with van der Waals surface area (Å²) in [5.41, 5.74) is 5.42. The van der Waals surface area contributed by atoms with E-state index in [9.17, 15) is 4.79 Å². The molecule has 0 bridgehead atoms. The first-order valence-electron chi connectivity index (χ1n) is 2.77. The second-order valence-electron chi connectivity index (χ2n) is 1.85. The molecule has 0 fully saturated rings. The minimum absolute atomic E-state index is 0.0810. The van der Waals surface area contributed by atoms with E-state index in [1.165, 1.54) is 0 Å². The Morgan fingerprint density at radius 1 is 1.89 bits per heavy atom. The van der Waals surface area contributed by atoms with Gasteiger partial charge in [0.2, 0.25) is 0 Å². The van der Waals surface area contributed by atoms with Gasteiger partial charge in [-0.2, -0.15) is 0 Å². The average molecular weight is 129 g/mol. The fourth-order valence-corrected chi connectivity index (χ4v) is 0.405. The molecule has 0 saturated carbocycles. The number of nitrogens with two attached hydrogens (primary N) is 1. The van der Waals surface area contributed by atoms with Crippen molar-refractivity contribution in [2.75, 3.05) is 0 Å². The van der Waals surface area contributed by atoms with E-state index in [0.717, 1.165) is 0 Å². The number of aliphatic carboxylic acids is 1. The van der Waals surface area contributed by atoms with Crippen LogP contribution < -0.4 is 5.73 Å². The smallest absolute Gasteiger partial charge is 0.332 e. The summed E-state index contributed by atoms with van der Waals surface area (Å²) in [4.78, 5) is 10.1. The van der Waals surface area contributed by atoms with E-state index in [-0.39, 0.29) is 5.57 Å². The Hall–Kier alpha value is -0.830. The maximum Gasteiger partial charge on any atom is 0.332 e. The van der Waals surface area contributed by atoms with Gasteiger partial charge in [0.05, 0.1) is 0 Å². The molecule has 0 aliphatic carbocycles. The molecule has 3 nitrogen and oxygen atoms in total. The second kappa shape index (κ2) is 3.25. The lowest BCUT2D eigenvalue weighted by molar-refractivity contribution is -0.132. The Morgan fingerprint density at radius 2 is 2.33 bits per heavy atom. The van der Waals surface area contributed by atoms with Crippen molar-refractivity contribution in [2.45, 2.75) is 19.4 Å². The van der Waals surface area contributed by atoms with Crippen LogP contribution in [0.4, 0.5) is 0 Å². The number of carboxylic acid groups (broad SMARTS) is 1. The first-order valence-corrected chi connectivity index (χ1v) is 2.77. The van der Waals surface area contributed by atoms with E-state index in [4.69, 9.17) is 10.8 Å². The molecule has 0 aliphatic heterocycles. The summed E-state index contributed by atoms with van der Waals surface area (Å²) in [6.45, 7) is 5.12. The minimum Gasteiger partial charge on any atom is -0.478 e. The van der Waals surface area contributed by atoms with Gasteiger partial charge in [0.1, 0.15) is 0 Å². The monoisotopic (exact) mass is 129 g/mol. The zero-order valence-corrected chi connectivity index (χ0v) is 5.42. The fourth-order valence-electron chi connectivity index (χ4n) is 0.405. The topological polar surface area (TPSA) is 63.3 Å².